The van der Waals surface area contributed by atoms with Crippen molar-refractivity contribution in [3.8, 4) is 0 Å². The average molecular weight is 555 g/mol. The Morgan fingerprint density at radius 2 is 2.17 bits per heavy atom. The normalized spacial score (nSPS) is 22.0. The summed E-state index contributed by atoms with van der Waals surface area (Å²) in [5.74, 6) is -0.0357. The van der Waals surface area contributed by atoms with Gasteiger partial charge in [0.05, 0.1) is 17.4 Å². The van der Waals surface area contributed by atoms with Crippen molar-refractivity contribution in [3.05, 3.63) is 62.5 Å². The second-order valence-electron chi connectivity index (χ2n) is 8.55. The third-order valence-corrected chi connectivity index (χ3v) is 8.22. The molecule has 2 atom stereocenters. The summed E-state index contributed by atoms with van der Waals surface area (Å²) in [7, 11) is 1.26. The summed E-state index contributed by atoms with van der Waals surface area (Å²) in [4.78, 5) is 35.5. The van der Waals surface area contributed by atoms with Crippen LogP contribution in [0.3, 0.4) is 0 Å². The maximum absolute atomic E-state index is 13.8. The molecular formula is C23H24ClFN4O5S2. The van der Waals surface area contributed by atoms with E-state index in [4.69, 9.17) is 26.1 Å². The quantitative estimate of drug-likeness (QED) is 0.504. The first-order valence-electron chi connectivity index (χ1n) is 10.9. The minimum atomic E-state index is -1.39. The highest BCUT2D eigenvalue weighted by Crippen LogP contribution is 2.39. The number of hydrogen-bond acceptors (Lipinski definition) is 10. The summed E-state index contributed by atoms with van der Waals surface area (Å²) in [5.41, 5.74) is 1.03. The number of aromatic nitrogens is 1. The summed E-state index contributed by atoms with van der Waals surface area (Å²) >= 11 is 9.34. The molecule has 13 heteroatoms. The number of methoxy groups -OCH3 is 1. The highest BCUT2D eigenvalue weighted by atomic mass is 35.5. The Bertz CT molecular complexity index is 1220. The number of halogens is 2. The van der Waals surface area contributed by atoms with Crippen LogP contribution < -0.4 is 5.32 Å². The summed E-state index contributed by atoms with van der Waals surface area (Å²) in [5, 5.41) is 15.1. The molecule has 0 saturated carbocycles. The molecule has 2 N–H and O–H groups in total. The lowest BCUT2D eigenvalue weighted by Gasteiger charge is -2.44. The van der Waals surface area contributed by atoms with Gasteiger partial charge in [-0.15, -0.1) is 23.1 Å². The van der Waals surface area contributed by atoms with Crippen molar-refractivity contribution in [2.24, 2.45) is 4.99 Å². The van der Waals surface area contributed by atoms with Crippen LogP contribution in [0.1, 0.15) is 30.5 Å². The van der Waals surface area contributed by atoms with Gasteiger partial charge in [0.15, 0.2) is 17.1 Å². The fourth-order valence-corrected chi connectivity index (χ4v) is 6.25. The molecule has 0 aliphatic carbocycles. The predicted octanol–water partition coefficient (Wildman–Crippen LogP) is 4.30. The van der Waals surface area contributed by atoms with E-state index in [9.17, 15) is 19.1 Å². The lowest BCUT2D eigenvalue weighted by Crippen LogP contribution is -2.56. The van der Waals surface area contributed by atoms with Gasteiger partial charge < -0.3 is 19.9 Å². The summed E-state index contributed by atoms with van der Waals surface area (Å²) < 4.78 is 23.7. The third kappa shape index (κ3) is 5.51. The van der Waals surface area contributed by atoms with Crippen molar-refractivity contribution in [1.82, 2.24) is 15.2 Å². The molecule has 3 heterocycles. The number of thiazole rings is 1. The number of nitrogens with zero attached hydrogens (tertiary/aromatic N) is 3. The van der Waals surface area contributed by atoms with E-state index in [0.29, 0.717) is 28.6 Å². The zero-order chi connectivity index (χ0) is 26.0. The number of carbonyl (C=O) groups is 2. The number of rotatable bonds is 6. The van der Waals surface area contributed by atoms with Gasteiger partial charge in [-0.2, -0.15) is 0 Å². The zero-order valence-corrected chi connectivity index (χ0v) is 22.0. The largest absolute Gasteiger partial charge is 0.507 e. The van der Waals surface area contributed by atoms with Crippen LogP contribution in [0.15, 0.2) is 46.0 Å². The van der Waals surface area contributed by atoms with Crippen LogP contribution in [0.25, 0.3) is 0 Å². The van der Waals surface area contributed by atoms with E-state index in [1.165, 1.54) is 30.6 Å². The van der Waals surface area contributed by atoms with Crippen LogP contribution in [0.2, 0.25) is 5.02 Å². The highest BCUT2D eigenvalue weighted by Gasteiger charge is 2.43. The molecule has 0 amide bonds. The molecule has 36 heavy (non-hydrogen) atoms. The van der Waals surface area contributed by atoms with Crippen molar-refractivity contribution in [2.75, 3.05) is 26.0 Å². The second-order valence-corrected chi connectivity index (χ2v) is 11.6. The first-order chi connectivity index (χ1) is 17.1. The van der Waals surface area contributed by atoms with Crippen LogP contribution in [-0.4, -0.2) is 69.9 Å². The average Bonchev–Trinajstić information content (AvgIpc) is 3.35. The Hall–Kier alpha value is -2.67. The molecule has 1 fully saturated rings. The van der Waals surface area contributed by atoms with Gasteiger partial charge in [-0.3, -0.25) is 9.89 Å². The number of thioether (sulfide) groups is 1. The smallest absolute Gasteiger partial charge is 0.466 e. The number of aliphatic imine (C=N–C) groups is 1. The van der Waals surface area contributed by atoms with E-state index in [-0.39, 0.29) is 17.1 Å². The lowest BCUT2D eigenvalue weighted by molar-refractivity contribution is -0.136. The van der Waals surface area contributed by atoms with Gasteiger partial charge in [-0.05, 0) is 26.0 Å². The fraction of sp³-hybridized carbons (Fsp3) is 0.391. The SMILES string of the molecule is COC(=O)C1=C(CN2CCSC(C)(C)[C@H]2OC(=O)O)NC(c2nccs2)=N[C@H]1c1ccc(F)cc1Cl. The molecule has 1 aromatic carbocycles. The molecule has 0 bridgehead atoms. The molecular weight excluding hydrogens is 531 g/mol. The van der Waals surface area contributed by atoms with Gasteiger partial charge in [0, 0.05) is 46.7 Å². The number of ether oxygens (including phenoxy) is 2. The number of nitrogens with one attached hydrogen (secondary N) is 1. The Morgan fingerprint density at radius 1 is 1.39 bits per heavy atom. The molecule has 2 aromatic rings. The minimum absolute atomic E-state index is 0.104. The Labute approximate surface area is 220 Å². The maximum atomic E-state index is 13.8. The van der Waals surface area contributed by atoms with Gasteiger partial charge in [-0.25, -0.2) is 19.0 Å². The third-order valence-electron chi connectivity index (χ3n) is 5.78. The van der Waals surface area contributed by atoms with Crippen molar-refractivity contribution >= 4 is 52.7 Å². The van der Waals surface area contributed by atoms with Crippen LogP contribution in [0, 0.1) is 5.82 Å². The first kappa shape index (κ1) is 26.4. The van der Waals surface area contributed by atoms with Crippen molar-refractivity contribution < 1.29 is 28.6 Å². The standard InChI is InChI=1S/C23H24ClFN4O5S2/c1-23(2)21(34-22(31)32)29(7-9-36-23)11-15-16(20(30)33-3)17(13-5-4-12(25)10-14(13)24)28-18(27-15)19-26-6-8-35-19/h4-6,8,10,17,21H,7,9,11H2,1-3H3,(H,27,28)(H,31,32)/t17-,21+/m0/s1. The molecule has 4 rings (SSSR count). The van der Waals surface area contributed by atoms with Crippen molar-refractivity contribution in [2.45, 2.75) is 30.9 Å². The van der Waals surface area contributed by atoms with Crippen molar-refractivity contribution in [1.29, 1.82) is 0 Å². The number of carbonyl (C=O) groups excluding carboxylic acids is 1. The second kappa shape index (κ2) is 10.8. The van der Waals surface area contributed by atoms with E-state index in [0.717, 1.165) is 11.8 Å². The van der Waals surface area contributed by atoms with Gasteiger partial charge in [0.2, 0.25) is 0 Å². The summed E-state index contributed by atoms with van der Waals surface area (Å²) in [6, 6.07) is 2.98. The molecule has 0 radical (unpaired) electrons. The number of esters is 1. The number of carboxylic acid groups (broad SMARTS) is 1. The molecule has 1 aromatic heterocycles. The summed E-state index contributed by atoms with van der Waals surface area (Å²) in [6.07, 6.45) is -0.540. The van der Waals surface area contributed by atoms with E-state index < -0.39 is 35.0 Å². The summed E-state index contributed by atoms with van der Waals surface area (Å²) in [6.45, 7) is 4.46. The van der Waals surface area contributed by atoms with Crippen LogP contribution in [-0.2, 0) is 14.3 Å². The van der Waals surface area contributed by atoms with E-state index >= 15 is 0 Å². The van der Waals surface area contributed by atoms with Gasteiger partial charge in [0.1, 0.15) is 11.9 Å². The minimum Gasteiger partial charge on any atom is -0.466 e. The van der Waals surface area contributed by atoms with Crippen LogP contribution in [0.4, 0.5) is 9.18 Å². The van der Waals surface area contributed by atoms with E-state index in [2.05, 4.69) is 10.3 Å². The monoisotopic (exact) mass is 554 g/mol. The molecule has 0 spiro atoms. The zero-order valence-electron chi connectivity index (χ0n) is 19.7. The van der Waals surface area contributed by atoms with Gasteiger partial charge in [-0.1, -0.05) is 17.7 Å². The maximum Gasteiger partial charge on any atom is 0.507 e. The Morgan fingerprint density at radius 3 is 2.81 bits per heavy atom. The number of hydrogen-bond donors (Lipinski definition) is 2. The number of amidine groups is 1. The molecule has 2 aliphatic rings. The number of benzene rings is 1. The topological polar surface area (TPSA) is 113 Å². The van der Waals surface area contributed by atoms with E-state index in [1.54, 1.807) is 23.3 Å². The van der Waals surface area contributed by atoms with Crippen LogP contribution >= 0.6 is 34.7 Å². The lowest BCUT2D eigenvalue weighted by atomic mass is 9.95. The van der Waals surface area contributed by atoms with Gasteiger partial charge >= 0.3 is 12.1 Å². The van der Waals surface area contributed by atoms with Gasteiger partial charge in [0.25, 0.3) is 0 Å². The Balaban J connectivity index is 1.83. The van der Waals surface area contributed by atoms with E-state index in [1.807, 2.05) is 18.7 Å². The van der Waals surface area contributed by atoms with Crippen molar-refractivity contribution in [3.63, 3.8) is 0 Å². The molecule has 9 nitrogen and oxygen atoms in total. The highest BCUT2D eigenvalue weighted by molar-refractivity contribution is 8.00. The molecule has 192 valence electrons. The first-order valence-corrected chi connectivity index (χ1v) is 13.1. The fourth-order valence-electron chi connectivity index (χ4n) is 4.20. The van der Waals surface area contributed by atoms with Crippen LogP contribution in [0.5, 0.6) is 0 Å². The molecule has 1 saturated heterocycles. The molecule has 0 unspecified atom stereocenters. The molecule has 2 aliphatic heterocycles. The Kier molecular flexibility index (Phi) is 7.88. The predicted molar refractivity (Wildman–Crippen MR) is 136 cm³/mol.